The van der Waals surface area contributed by atoms with E-state index >= 15 is 0 Å². The fourth-order valence-corrected chi connectivity index (χ4v) is 4.35. The van der Waals surface area contributed by atoms with E-state index in [4.69, 9.17) is 14.5 Å². The van der Waals surface area contributed by atoms with E-state index in [1.165, 1.54) is 22.3 Å². The fourth-order valence-electron chi connectivity index (χ4n) is 4.35. The number of hydrogen-bond acceptors (Lipinski definition) is 4. The number of morpholine rings is 1. The maximum absolute atomic E-state index is 5.66. The van der Waals surface area contributed by atoms with Crippen molar-refractivity contribution in [3.63, 3.8) is 0 Å². The minimum Gasteiger partial charge on any atom is -0.493 e. The highest BCUT2D eigenvalue weighted by atomic mass is 127. The Morgan fingerprint density at radius 3 is 2.82 bits per heavy atom. The van der Waals surface area contributed by atoms with Gasteiger partial charge in [-0.2, -0.15) is 0 Å². The molecular formula is C26H37IN4O2. The molecule has 33 heavy (non-hydrogen) atoms. The van der Waals surface area contributed by atoms with Crippen molar-refractivity contribution < 1.29 is 9.47 Å². The molecule has 0 bridgehead atoms. The molecule has 180 valence electrons. The van der Waals surface area contributed by atoms with Gasteiger partial charge >= 0.3 is 0 Å². The zero-order chi connectivity index (χ0) is 22.2. The van der Waals surface area contributed by atoms with E-state index in [1.54, 1.807) is 0 Å². The third kappa shape index (κ3) is 7.86. The molecule has 2 aliphatic rings. The molecular weight excluding hydrogens is 527 g/mol. The van der Waals surface area contributed by atoms with E-state index in [1.807, 2.05) is 0 Å². The average Bonchev–Trinajstić information content (AvgIpc) is 3.26. The highest BCUT2D eigenvalue weighted by molar-refractivity contribution is 14.0. The summed E-state index contributed by atoms with van der Waals surface area (Å²) in [6.07, 6.45) is 2.30. The number of guanidine groups is 1. The van der Waals surface area contributed by atoms with Crippen LogP contribution in [0.1, 0.15) is 36.1 Å². The molecule has 7 heteroatoms. The molecule has 0 aromatic heterocycles. The van der Waals surface area contributed by atoms with Gasteiger partial charge in [0.05, 0.1) is 25.9 Å². The van der Waals surface area contributed by atoms with E-state index in [0.29, 0.717) is 12.6 Å². The molecule has 6 nitrogen and oxygen atoms in total. The van der Waals surface area contributed by atoms with Gasteiger partial charge in [0.2, 0.25) is 0 Å². The van der Waals surface area contributed by atoms with Crippen molar-refractivity contribution in [3.05, 3.63) is 64.7 Å². The first-order valence-corrected chi connectivity index (χ1v) is 11.9. The number of fused-ring (bicyclic) bond motifs is 1. The summed E-state index contributed by atoms with van der Waals surface area (Å²) < 4.78 is 11.3. The van der Waals surface area contributed by atoms with Gasteiger partial charge in [0.15, 0.2) is 5.96 Å². The van der Waals surface area contributed by atoms with E-state index in [-0.39, 0.29) is 24.0 Å². The van der Waals surface area contributed by atoms with Crippen molar-refractivity contribution in [2.24, 2.45) is 4.99 Å². The Labute approximate surface area is 215 Å². The van der Waals surface area contributed by atoms with Crippen molar-refractivity contribution in [2.75, 3.05) is 39.4 Å². The van der Waals surface area contributed by atoms with E-state index in [0.717, 1.165) is 70.5 Å². The number of benzene rings is 2. The molecule has 1 unspecified atom stereocenters. The van der Waals surface area contributed by atoms with Gasteiger partial charge in [0.25, 0.3) is 0 Å². The zero-order valence-corrected chi connectivity index (χ0v) is 22.1. The van der Waals surface area contributed by atoms with Crippen LogP contribution in [0.25, 0.3) is 0 Å². The summed E-state index contributed by atoms with van der Waals surface area (Å²) in [4.78, 5) is 7.28. The molecule has 0 radical (unpaired) electrons. The summed E-state index contributed by atoms with van der Waals surface area (Å²) in [5, 5.41) is 6.84. The topological polar surface area (TPSA) is 58.1 Å². The summed E-state index contributed by atoms with van der Waals surface area (Å²) in [5.41, 5.74) is 5.24. The summed E-state index contributed by atoms with van der Waals surface area (Å²) in [6.45, 7) is 11.2. The van der Waals surface area contributed by atoms with Gasteiger partial charge in [-0.25, -0.2) is 4.99 Å². The number of ether oxygens (including phenoxy) is 2. The molecule has 0 spiro atoms. The fraction of sp³-hybridized carbons (Fsp3) is 0.500. The summed E-state index contributed by atoms with van der Waals surface area (Å²) in [5.74, 6) is 1.91. The SMILES string of the molecule is CCNC(=NCc1cccc(CN2CCOC(C)C2)c1)NCCc1ccc2c(c1)CCO2.I. The van der Waals surface area contributed by atoms with Crippen LogP contribution in [0.5, 0.6) is 5.75 Å². The quantitative estimate of drug-likeness (QED) is 0.291. The van der Waals surface area contributed by atoms with Crippen LogP contribution in [0, 0.1) is 0 Å². The summed E-state index contributed by atoms with van der Waals surface area (Å²) in [6, 6.07) is 15.3. The number of hydrogen-bond donors (Lipinski definition) is 2. The molecule has 0 amide bonds. The Morgan fingerprint density at radius 1 is 1.09 bits per heavy atom. The third-order valence-corrected chi connectivity index (χ3v) is 5.95. The highest BCUT2D eigenvalue weighted by Crippen LogP contribution is 2.25. The van der Waals surface area contributed by atoms with E-state index in [2.05, 4.69) is 71.8 Å². The molecule has 1 saturated heterocycles. The van der Waals surface area contributed by atoms with Crippen molar-refractivity contribution in [3.8, 4) is 5.75 Å². The lowest BCUT2D eigenvalue weighted by Crippen LogP contribution is -2.40. The third-order valence-electron chi connectivity index (χ3n) is 5.95. The Morgan fingerprint density at radius 2 is 1.97 bits per heavy atom. The van der Waals surface area contributed by atoms with Gasteiger partial charge < -0.3 is 20.1 Å². The van der Waals surface area contributed by atoms with Crippen LogP contribution in [-0.4, -0.2) is 56.4 Å². The van der Waals surface area contributed by atoms with Gasteiger partial charge in [0.1, 0.15) is 5.75 Å². The van der Waals surface area contributed by atoms with Gasteiger partial charge in [0, 0.05) is 39.1 Å². The first-order valence-electron chi connectivity index (χ1n) is 11.9. The lowest BCUT2D eigenvalue weighted by atomic mass is 10.1. The van der Waals surface area contributed by atoms with Crippen LogP contribution < -0.4 is 15.4 Å². The van der Waals surface area contributed by atoms with Crippen LogP contribution in [-0.2, 0) is 30.7 Å². The second-order valence-corrected chi connectivity index (χ2v) is 8.65. The number of rotatable bonds is 8. The molecule has 0 saturated carbocycles. The molecule has 2 aromatic rings. The molecule has 2 aromatic carbocycles. The van der Waals surface area contributed by atoms with E-state index in [9.17, 15) is 0 Å². The summed E-state index contributed by atoms with van der Waals surface area (Å²) >= 11 is 0. The van der Waals surface area contributed by atoms with Crippen molar-refractivity contribution in [1.29, 1.82) is 0 Å². The molecule has 1 fully saturated rings. The van der Waals surface area contributed by atoms with Crippen LogP contribution in [0.2, 0.25) is 0 Å². The van der Waals surface area contributed by atoms with Crippen molar-refractivity contribution in [1.82, 2.24) is 15.5 Å². The maximum atomic E-state index is 5.66. The average molecular weight is 565 g/mol. The predicted molar refractivity (Wildman–Crippen MR) is 145 cm³/mol. The minimum atomic E-state index is 0. The first-order chi connectivity index (χ1) is 15.7. The molecule has 2 N–H and O–H groups in total. The lowest BCUT2D eigenvalue weighted by molar-refractivity contribution is -0.0212. The highest BCUT2D eigenvalue weighted by Gasteiger charge is 2.16. The zero-order valence-electron chi connectivity index (χ0n) is 19.8. The molecule has 2 heterocycles. The predicted octanol–water partition coefficient (Wildman–Crippen LogP) is 3.76. The monoisotopic (exact) mass is 564 g/mol. The van der Waals surface area contributed by atoms with Crippen LogP contribution >= 0.6 is 24.0 Å². The Balaban J connectivity index is 0.00000306. The second-order valence-electron chi connectivity index (χ2n) is 8.65. The van der Waals surface area contributed by atoms with Crippen molar-refractivity contribution in [2.45, 2.75) is 45.9 Å². The number of nitrogens with one attached hydrogen (secondary N) is 2. The normalized spacial score (nSPS) is 18.2. The Hall–Kier alpha value is -1.84. The van der Waals surface area contributed by atoms with E-state index < -0.39 is 0 Å². The number of nitrogens with zero attached hydrogens (tertiary/aromatic N) is 2. The molecule has 4 rings (SSSR count). The minimum absolute atomic E-state index is 0. The van der Waals surface area contributed by atoms with Gasteiger partial charge in [-0.05, 0) is 48.6 Å². The number of halogens is 1. The standard InChI is InChI=1S/C26H36N4O2.HI/c1-3-27-26(28-11-9-21-7-8-25-24(16-21)10-13-32-25)29-17-22-5-4-6-23(15-22)19-30-12-14-31-20(2)18-30;/h4-8,15-16,20H,3,9-14,17-19H2,1-2H3,(H2,27,28,29);1H. The molecule has 0 aliphatic carbocycles. The van der Waals surface area contributed by atoms with Gasteiger partial charge in [-0.3, -0.25) is 4.90 Å². The largest absolute Gasteiger partial charge is 0.493 e. The molecule has 1 atom stereocenters. The summed E-state index contributed by atoms with van der Waals surface area (Å²) in [7, 11) is 0. The van der Waals surface area contributed by atoms with Gasteiger partial charge in [-0.1, -0.05) is 36.4 Å². The molecule has 2 aliphatic heterocycles. The van der Waals surface area contributed by atoms with Crippen LogP contribution in [0.15, 0.2) is 47.5 Å². The van der Waals surface area contributed by atoms with Gasteiger partial charge in [-0.15, -0.1) is 24.0 Å². The van der Waals surface area contributed by atoms with Crippen molar-refractivity contribution >= 4 is 29.9 Å². The second kappa shape index (κ2) is 13.2. The first kappa shape index (κ1) is 25.8. The Kier molecular flexibility index (Phi) is 10.3. The smallest absolute Gasteiger partial charge is 0.191 e. The number of aliphatic imine (C=N–C) groups is 1. The van der Waals surface area contributed by atoms with Crippen LogP contribution in [0.4, 0.5) is 0 Å². The Bertz CT molecular complexity index is 921. The lowest BCUT2D eigenvalue weighted by Gasteiger charge is -2.31. The van der Waals surface area contributed by atoms with Crippen LogP contribution in [0.3, 0.4) is 0 Å². The maximum Gasteiger partial charge on any atom is 0.191 e.